The van der Waals surface area contributed by atoms with Crippen molar-refractivity contribution in [2.75, 3.05) is 13.2 Å². The van der Waals surface area contributed by atoms with E-state index in [1.54, 1.807) is 25.1 Å². The summed E-state index contributed by atoms with van der Waals surface area (Å²) in [5, 5.41) is 5.89. The number of ether oxygens (including phenoxy) is 2. The molecule has 23 heavy (non-hydrogen) atoms. The van der Waals surface area contributed by atoms with Gasteiger partial charge in [-0.15, -0.1) is 12.4 Å². The van der Waals surface area contributed by atoms with Gasteiger partial charge in [-0.2, -0.15) is 8.78 Å². The normalized spacial score (nSPS) is 22.1. The molecule has 1 aromatic carbocycles. The van der Waals surface area contributed by atoms with Crippen molar-refractivity contribution >= 4 is 18.3 Å². The molecule has 1 unspecified atom stereocenters. The van der Waals surface area contributed by atoms with E-state index in [2.05, 4.69) is 15.4 Å². The number of morpholine rings is 1. The summed E-state index contributed by atoms with van der Waals surface area (Å²) in [5.74, 6) is -0.169. The first kappa shape index (κ1) is 19.6. The van der Waals surface area contributed by atoms with Crippen molar-refractivity contribution in [3.05, 3.63) is 29.8 Å². The zero-order valence-corrected chi connectivity index (χ0v) is 13.7. The van der Waals surface area contributed by atoms with Crippen molar-refractivity contribution in [2.24, 2.45) is 0 Å². The highest BCUT2D eigenvalue weighted by Crippen LogP contribution is 2.26. The molecule has 2 N–H and O–H groups in total. The highest BCUT2D eigenvalue weighted by molar-refractivity contribution is 5.85. The van der Waals surface area contributed by atoms with Crippen LogP contribution in [0.3, 0.4) is 0 Å². The summed E-state index contributed by atoms with van der Waals surface area (Å²) in [5.41, 5.74) is 0.500. The Bertz CT molecular complexity index is 519. The molecule has 1 aliphatic heterocycles. The molecule has 0 radical (unpaired) electrons. The maximum atomic E-state index is 12.4. The first-order chi connectivity index (χ1) is 10.5. The van der Waals surface area contributed by atoms with Crippen LogP contribution < -0.4 is 15.4 Å². The Hall–Kier alpha value is -1.44. The van der Waals surface area contributed by atoms with Crippen LogP contribution in [-0.4, -0.2) is 37.8 Å². The molecule has 0 aromatic heterocycles. The summed E-state index contributed by atoms with van der Waals surface area (Å²) in [6, 6.07) is 5.50. The van der Waals surface area contributed by atoms with Crippen LogP contribution in [0.5, 0.6) is 5.75 Å². The highest BCUT2D eigenvalue weighted by Gasteiger charge is 2.29. The van der Waals surface area contributed by atoms with Gasteiger partial charge in [0.15, 0.2) is 0 Å². The molecule has 2 rings (SSSR count). The maximum absolute atomic E-state index is 12.4. The van der Waals surface area contributed by atoms with Gasteiger partial charge in [0.05, 0.1) is 18.8 Å². The van der Waals surface area contributed by atoms with Crippen LogP contribution in [0.25, 0.3) is 0 Å². The van der Waals surface area contributed by atoms with Gasteiger partial charge in [-0.1, -0.05) is 18.2 Å². The Morgan fingerprint density at radius 3 is 2.78 bits per heavy atom. The zero-order valence-electron chi connectivity index (χ0n) is 12.9. The number of hydrogen-bond donors (Lipinski definition) is 2. The molecular weight excluding hydrogens is 330 g/mol. The van der Waals surface area contributed by atoms with Crippen molar-refractivity contribution in [2.45, 2.75) is 38.6 Å². The lowest BCUT2D eigenvalue weighted by Crippen LogP contribution is -2.55. The van der Waals surface area contributed by atoms with Gasteiger partial charge >= 0.3 is 6.61 Å². The summed E-state index contributed by atoms with van der Waals surface area (Å²) < 4.78 is 34.8. The second-order valence-electron chi connectivity index (χ2n) is 5.15. The largest absolute Gasteiger partial charge is 0.434 e. The predicted molar refractivity (Wildman–Crippen MR) is 84.1 cm³/mol. The Kier molecular flexibility index (Phi) is 7.67. The number of nitrogens with one attached hydrogen (secondary N) is 2. The molecule has 1 saturated heterocycles. The maximum Gasteiger partial charge on any atom is 0.387 e. The highest BCUT2D eigenvalue weighted by atomic mass is 35.5. The number of amides is 1. The number of carbonyl (C=O) groups is 1. The number of alkyl halides is 2. The molecule has 3 atom stereocenters. The number of hydrogen-bond acceptors (Lipinski definition) is 4. The minimum Gasteiger partial charge on any atom is -0.434 e. The molecule has 0 bridgehead atoms. The van der Waals surface area contributed by atoms with Gasteiger partial charge in [-0.3, -0.25) is 4.79 Å². The molecule has 1 fully saturated rings. The third-order valence-corrected chi connectivity index (χ3v) is 3.56. The van der Waals surface area contributed by atoms with Crippen LogP contribution in [0.2, 0.25) is 0 Å². The quantitative estimate of drug-likeness (QED) is 0.855. The standard InChI is InChI=1S/C15H20F2N2O3.ClH/c1-9(11-5-3-4-6-12(11)22-15(16)17)19-14(20)13-10(2)21-8-7-18-13;/h3-6,9-10,13,15,18H,7-8H2,1-2H3,(H,19,20);1H/t9?,10-,13+;/m1./s1. The van der Waals surface area contributed by atoms with E-state index in [1.165, 1.54) is 6.07 Å². The molecule has 130 valence electrons. The fraction of sp³-hybridized carbons (Fsp3) is 0.533. The number of benzene rings is 1. The third-order valence-electron chi connectivity index (χ3n) is 3.56. The van der Waals surface area contributed by atoms with Crippen molar-refractivity contribution < 1.29 is 23.0 Å². The molecule has 8 heteroatoms. The summed E-state index contributed by atoms with van der Waals surface area (Å²) in [6.45, 7) is 1.79. The summed E-state index contributed by atoms with van der Waals surface area (Å²) in [7, 11) is 0. The van der Waals surface area contributed by atoms with E-state index in [0.717, 1.165) is 0 Å². The molecule has 1 heterocycles. The van der Waals surface area contributed by atoms with Gasteiger partial charge in [0.25, 0.3) is 0 Å². The fourth-order valence-corrected chi connectivity index (χ4v) is 2.45. The lowest BCUT2D eigenvalue weighted by atomic mass is 10.1. The summed E-state index contributed by atoms with van der Waals surface area (Å²) >= 11 is 0. The van der Waals surface area contributed by atoms with Gasteiger partial charge in [0, 0.05) is 12.1 Å². The van der Waals surface area contributed by atoms with E-state index in [9.17, 15) is 13.6 Å². The average Bonchev–Trinajstić information content (AvgIpc) is 2.47. The smallest absolute Gasteiger partial charge is 0.387 e. The number of halogens is 3. The monoisotopic (exact) mass is 350 g/mol. The zero-order chi connectivity index (χ0) is 16.1. The first-order valence-corrected chi connectivity index (χ1v) is 7.18. The predicted octanol–water partition coefficient (Wildman–Crippen LogP) is 2.26. The van der Waals surface area contributed by atoms with Crippen molar-refractivity contribution in [3.8, 4) is 5.75 Å². The first-order valence-electron chi connectivity index (χ1n) is 7.18. The second-order valence-corrected chi connectivity index (χ2v) is 5.15. The molecule has 1 aromatic rings. The van der Waals surface area contributed by atoms with Gasteiger partial charge < -0.3 is 20.1 Å². The second kappa shape index (κ2) is 9.00. The molecule has 5 nitrogen and oxygen atoms in total. The number of carbonyl (C=O) groups excluding carboxylic acids is 1. The molecule has 0 spiro atoms. The minimum absolute atomic E-state index is 0. The van der Waals surface area contributed by atoms with Gasteiger partial charge in [-0.05, 0) is 19.9 Å². The SMILES string of the molecule is CC(NC(=O)[C@H]1NCCO[C@@H]1C)c1ccccc1OC(F)F.Cl. The van der Waals surface area contributed by atoms with Crippen molar-refractivity contribution in [1.29, 1.82) is 0 Å². The van der Waals surface area contributed by atoms with Gasteiger partial charge in [0.2, 0.25) is 5.91 Å². The summed E-state index contributed by atoms with van der Waals surface area (Å²) in [4.78, 5) is 12.3. The Balaban J connectivity index is 0.00000264. The van der Waals surface area contributed by atoms with Gasteiger partial charge in [-0.25, -0.2) is 0 Å². The van der Waals surface area contributed by atoms with Crippen molar-refractivity contribution in [1.82, 2.24) is 10.6 Å². The van der Waals surface area contributed by atoms with Crippen molar-refractivity contribution in [3.63, 3.8) is 0 Å². The molecule has 1 amide bonds. The fourth-order valence-electron chi connectivity index (χ4n) is 2.45. The van der Waals surface area contributed by atoms with E-state index in [0.29, 0.717) is 18.7 Å². The van der Waals surface area contributed by atoms with E-state index in [4.69, 9.17) is 4.74 Å². The van der Waals surface area contributed by atoms with Crippen LogP contribution in [0.1, 0.15) is 25.5 Å². The Labute approximate surface area is 140 Å². The number of rotatable bonds is 5. The molecule has 0 aliphatic carbocycles. The molecular formula is C15H21ClF2N2O3. The summed E-state index contributed by atoms with van der Waals surface area (Å²) in [6.07, 6.45) is -0.242. The van der Waals surface area contributed by atoms with E-state index < -0.39 is 18.7 Å². The van der Waals surface area contributed by atoms with Gasteiger partial charge in [0.1, 0.15) is 11.8 Å². The van der Waals surface area contributed by atoms with E-state index >= 15 is 0 Å². The molecule has 1 aliphatic rings. The lowest BCUT2D eigenvalue weighted by molar-refractivity contribution is -0.129. The molecule has 0 saturated carbocycles. The van der Waals surface area contributed by atoms with Crippen LogP contribution in [0.15, 0.2) is 24.3 Å². The Morgan fingerprint density at radius 1 is 1.43 bits per heavy atom. The third kappa shape index (κ3) is 5.30. The average molecular weight is 351 g/mol. The minimum atomic E-state index is -2.91. The van der Waals surface area contributed by atoms with E-state index in [-0.39, 0.29) is 30.2 Å². The van der Waals surface area contributed by atoms with Crippen LogP contribution >= 0.6 is 12.4 Å². The van der Waals surface area contributed by atoms with E-state index in [1.807, 2.05) is 6.92 Å². The van der Waals surface area contributed by atoms with Crippen LogP contribution in [-0.2, 0) is 9.53 Å². The lowest BCUT2D eigenvalue weighted by Gasteiger charge is -2.30. The Morgan fingerprint density at radius 2 is 2.13 bits per heavy atom. The topological polar surface area (TPSA) is 59.6 Å². The van der Waals surface area contributed by atoms with Crippen LogP contribution in [0, 0.1) is 0 Å². The van der Waals surface area contributed by atoms with Crippen LogP contribution in [0.4, 0.5) is 8.78 Å². The number of para-hydroxylation sites is 1.